The average molecular weight is 294 g/mol. The molecule has 0 radical (unpaired) electrons. The van der Waals surface area contributed by atoms with E-state index in [2.05, 4.69) is 0 Å². The Bertz CT molecular complexity index is 734. The molecule has 1 heterocycles. The zero-order valence-corrected chi connectivity index (χ0v) is 12.0. The number of ether oxygens (including phenoxy) is 2. The molecule has 0 fully saturated rings. The van der Waals surface area contributed by atoms with Gasteiger partial charge < -0.3 is 9.47 Å². The fraction of sp³-hybridized carbons (Fsp3) is 0.111. The summed E-state index contributed by atoms with van der Waals surface area (Å²) in [6, 6.07) is 18.2. The number of cyclic esters (lactones) is 1. The molecule has 0 N–H and O–H groups in total. The van der Waals surface area contributed by atoms with Crippen LogP contribution in [0.15, 0.2) is 66.7 Å². The van der Waals surface area contributed by atoms with E-state index in [-0.39, 0.29) is 0 Å². The minimum absolute atomic E-state index is 0.513. The second-order valence-electron chi connectivity index (χ2n) is 4.92. The quantitative estimate of drug-likeness (QED) is 0.816. The van der Waals surface area contributed by atoms with Crippen LogP contribution in [0, 0.1) is 0 Å². The molecule has 2 aromatic rings. The maximum atomic E-state index is 11.9. The molecule has 1 atom stereocenters. The summed E-state index contributed by atoms with van der Waals surface area (Å²) in [5.41, 5.74) is 1.86. The number of benzene rings is 2. The molecule has 1 unspecified atom stereocenters. The van der Waals surface area contributed by atoms with E-state index >= 15 is 0 Å². The van der Waals surface area contributed by atoms with Crippen molar-refractivity contribution in [3.05, 3.63) is 77.9 Å². The third kappa shape index (κ3) is 2.39. The molecule has 0 bridgehead atoms. The van der Waals surface area contributed by atoms with Gasteiger partial charge in [-0.3, -0.25) is 4.79 Å². The van der Waals surface area contributed by atoms with E-state index in [1.165, 1.54) is 13.0 Å². The molecule has 3 rings (SSSR count). The molecule has 22 heavy (non-hydrogen) atoms. The Morgan fingerprint density at radius 3 is 2.18 bits per heavy atom. The van der Waals surface area contributed by atoms with Crippen molar-refractivity contribution in [3.8, 4) is 0 Å². The summed E-state index contributed by atoms with van der Waals surface area (Å²) < 4.78 is 10.9. The van der Waals surface area contributed by atoms with Gasteiger partial charge in [0.15, 0.2) is 0 Å². The molecule has 0 spiro atoms. The smallest absolute Gasteiger partial charge is 0.335 e. The molecule has 0 amide bonds. The van der Waals surface area contributed by atoms with E-state index in [0.29, 0.717) is 11.1 Å². The van der Waals surface area contributed by atoms with Crippen molar-refractivity contribution in [1.29, 1.82) is 0 Å². The number of rotatable bonds is 3. The summed E-state index contributed by atoms with van der Waals surface area (Å²) in [6.07, 6.45) is 1.37. The lowest BCUT2D eigenvalue weighted by Crippen LogP contribution is -2.34. The highest BCUT2D eigenvalue weighted by Gasteiger charge is 2.48. The van der Waals surface area contributed by atoms with Crippen LogP contribution in [0.1, 0.15) is 18.1 Å². The van der Waals surface area contributed by atoms with Crippen LogP contribution in [0.25, 0.3) is 5.57 Å². The fourth-order valence-electron chi connectivity index (χ4n) is 2.54. The van der Waals surface area contributed by atoms with Crippen molar-refractivity contribution >= 4 is 17.5 Å². The van der Waals surface area contributed by atoms with E-state index in [4.69, 9.17) is 9.47 Å². The van der Waals surface area contributed by atoms with E-state index < -0.39 is 17.7 Å². The average Bonchev–Trinajstić information content (AvgIpc) is 2.86. The zero-order chi connectivity index (χ0) is 15.6. The number of carbonyl (C=O) groups is 2. The van der Waals surface area contributed by atoms with Gasteiger partial charge in [-0.25, -0.2) is 4.79 Å². The van der Waals surface area contributed by atoms with Crippen molar-refractivity contribution in [2.45, 2.75) is 12.7 Å². The topological polar surface area (TPSA) is 52.6 Å². The van der Waals surface area contributed by atoms with Gasteiger partial charge in [0.1, 0.15) is 0 Å². The molecule has 0 saturated carbocycles. The largest absolute Gasteiger partial charge is 0.414 e. The van der Waals surface area contributed by atoms with Gasteiger partial charge in [-0.1, -0.05) is 60.7 Å². The second-order valence-corrected chi connectivity index (χ2v) is 4.92. The van der Waals surface area contributed by atoms with Gasteiger partial charge in [0.25, 0.3) is 0 Å². The molecule has 4 nitrogen and oxygen atoms in total. The molecule has 0 saturated heterocycles. The number of hydrogen-bond acceptors (Lipinski definition) is 4. The predicted octanol–water partition coefficient (Wildman–Crippen LogP) is 3.04. The summed E-state index contributed by atoms with van der Waals surface area (Å²) >= 11 is 0. The first-order valence-electron chi connectivity index (χ1n) is 6.87. The summed E-state index contributed by atoms with van der Waals surface area (Å²) in [5, 5.41) is 0. The highest BCUT2D eigenvalue weighted by Crippen LogP contribution is 2.44. The lowest BCUT2D eigenvalue weighted by molar-refractivity contribution is -0.202. The minimum atomic E-state index is -1.54. The molecule has 1 aliphatic rings. The van der Waals surface area contributed by atoms with E-state index in [0.717, 1.165) is 5.56 Å². The lowest BCUT2D eigenvalue weighted by Gasteiger charge is -2.30. The van der Waals surface area contributed by atoms with Crippen LogP contribution >= 0.6 is 0 Å². The maximum Gasteiger partial charge on any atom is 0.335 e. The highest BCUT2D eigenvalue weighted by atomic mass is 16.7. The second kappa shape index (κ2) is 5.48. The molecule has 0 aliphatic carbocycles. The van der Waals surface area contributed by atoms with E-state index in [1.807, 2.05) is 36.4 Å². The third-order valence-electron chi connectivity index (χ3n) is 3.39. The summed E-state index contributed by atoms with van der Waals surface area (Å²) in [6.45, 7) is 1.29. The maximum absolute atomic E-state index is 11.9. The van der Waals surface area contributed by atoms with Gasteiger partial charge in [-0.05, 0) is 5.56 Å². The SMILES string of the molecule is CC(=O)OC1(c2ccccc2)OC(=O)C=C1c1ccccc1. The Kier molecular flexibility index (Phi) is 3.51. The molecule has 0 aromatic heterocycles. The summed E-state index contributed by atoms with van der Waals surface area (Å²) in [7, 11) is 0. The summed E-state index contributed by atoms with van der Waals surface area (Å²) in [4.78, 5) is 23.5. The van der Waals surface area contributed by atoms with Crippen LogP contribution in [0.2, 0.25) is 0 Å². The standard InChI is InChI=1S/C18H14O4/c1-13(19)21-18(15-10-6-3-7-11-15)16(12-17(20)22-18)14-8-4-2-5-9-14/h2-12H,1H3. The Balaban J connectivity index is 2.18. The Morgan fingerprint density at radius 2 is 1.59 bits per heavy atom. The van der Waals surface area contributed by atoms with E-state index in [1.54, 1.807) is 24.3 Å². The monoisotopic (exact) mass is 294 g/mol. The summed E-state index contributed by atoms with van der Waals surface area (Å²) in [5.74, 6) is -2.60. The zero-order valence-electron chi connectivity index (χ0n) is 12.0. The van der Waals surface area contributed by atoms with Gasteiger partial charge in [0, 0.05) is 18.6 Å². The number of carbonyl (C=O) groups excluding carboxylic acids is 2. The number of esters is 2. The van der Waals surface area contributed by atoms with Crippen molar-refractivity contribution in [3.63, 3.8) is 0 Å². The lowest BCUT2D eigenvalue weighted by atomic mass is 9.92. The van der Waals surface area contributed by atoms with Gasteiger partial charge in [-0.2, -0.15) is 0 Å². The first-order chi connectivity index (χ1) is 10.6. The molecular formula is C18H14O4. The first kappa shape index (κ1) is 14.1. The Hall–Kier alpha value is -2.88. The third-order valence-corrected chi connectivity index (χ3v) is 3.39. The van der Waals surface area contributed by atoms with Gasteiger partial charge >= 0.3 is 17.7 Å². The Labute approximate surface area is 128 Å². The van der Waals surface area contributed by atoms with Crippen LogP contribution in [0.4, 0.5) is 0 Å². The fourth-order valence-corrected chi connectivity index (χ4v) is 2.54. The van der Waals surface area contributed by atoms with Crippen LogP contribution in [0.3, 0.4) is 0 Å². The van der Waals surface area contributed by atoms with Crippen LogP contribution in [0.5, 0.6) is 0 Å². The Morgan fingerprint density at radius 1 is 1.00 bits per heavy atom. The molecular weight excluding hydrogens is 280 g/mol. The predicted molar refractivity (Wildman–Crippen MR) is 80.4 cm³/mol. The molecule has 1 aliphatic heterocycles. The molecule has 4 heteroatoms. The minimum Gasteiger partial charge on any atom is -0.414 e. The van der Waals surface area contributed by atoms with Crippen LogP contribution in [-0.2, 0) is 24.8 Å². The molecule has 2 aromatic carbocycles. The number of hydrogen-bond donors (Lipinski definition) is 0. The first-order valence-corrected chi connectivity index (χ1v) is 6.87. The van der Waals surface area contributed by atoms with Crippen LogP contribution in [-0.4, -0.2) is 11.9 Å². The molecule has 110 valence electrons. The highest BCUT2D eigenvalue weighted by molar-refractivity contribution is 5.99. The van der Waals surface area contributed by atoms with Gasteiger partial charge in [0.2, 0.25) is 0 Å². The van der Waals surface area contributed by atoms with Gasteiger partial charge in [0.05, 0.1) is 5.57 Å². The van der Waals surface area contributed by atoms with Crippen molar-refractivity contribution in [1.82, 2.24) is 0 Å². The van der Waals surface area contributed by atoms with E-state index in [9.17, 15) is 9.59 Å². The van der Waals surface area contributed by atoms with Crippen LogP contribution < -0.4 is 0 Å². The van der Waals surface area contributed by atoms with Crippen molar-refractivity contribution < 1.29 is 19.1 Å². The van der Waals surface area contributed by atoms with Crippen molar-refractivity contribution in [2.75, 3.05) is 0 Å². The normalized spacial score (nSPS) is 20.2. The van der Waals surface area contributed by atoms with Gasteiger partial charge in [-0.15, -0.1) is 0 Å². The van der Waals surface area contributed by atoms with Crippen molar-refractivity contribution in [2.24, 2.45) is 0 Å².